The Balaban J connectivity index is 1.65. The topological polar surface area (TPSA) is 108 Å². The van der Waals surface area contributed by atoms with Crippen LogP contribution >= 0.6 is 0 Å². The van der Waals surface area contributed by atoms with E-state index in [1.165, 1.54) is 32.4 Å². The number of fused-ring (bicyclic) bond motifs is 1. The third-order valence-corrected chi connectivity index (χ3v) is 4.45. The van der Waals surface area contributed by atoms with Gasteiger partial charge >= 0.3 is 6.18 Å². The van der Waals surface area contributed by atoms with E-state index in [1.54, 1.807) is 6.07 Å². The van der Waals surface area contributed by atoms with Crippen LogP contribution in [0.3, 0.4) is 0 Å². The minimum Gasteiger partial charge on any atom is -0.493 e. The molecule has 0 fully saturated rings. The molecule has 0 saturated carbocycles. The first kappa shape index (κ1) is 20.3. The Morgan fingerprint density at radius 2 is 1.84 bits per heavy atom. The van der Waals surface area contributed by atoms with Crippen molar-refractivity contribution in [1.29, 1.82) is 0 Å². The number of tetrazole rings is 1. The predicted octanol–water partition coefficient (Wildman–Crippen LogP) is 2.66. The monoisotopic (exact) mass is 432 g/mol. The fourth-order valence-corrected chi connectivity index (χ4v) is 2.98. The van der Waals surface area contributed by atoms with Gasteiger partial charge in [-0.3, -0.25) is 4.79 Å². The van der Waals surface area contributed by atoms with Crippen LogP contribution < -0.4 is 15.0 Å². The quantitative estimate of drug-likeness (QED) is 0.517. The fraction of sp³-hybridized carbons (Fsp3) is 0.211. The van der Waals surface area contributed by atoms with Crippen LogP contribution in [0.5, 0.6) is 11.5 Å². The summed E-state index contributed by atoms with van der Waals surface area (Å²) in [5.74, 6) is 1.04. The number of aromatic nitrogens is 6. The standard InChI is InChI=1S/C19H15F3N6O3/c1-30-14-7-12-13(8-15(14)31-2)23-16(24-18(12)29)9-28-26-17(25-27-28)10-4-3-5-11(6-10)19(20,21)22/h3-8H,9H2,1-2H3,(H,23,24,29). The molecule has 0 aliphatic rings. The molecule has 12 heteroatoms. The predicted molar refractivity (Wildman–Crippen MR) is 103 cm³/mol. The average Bonchev–Trinajstić information content (AvgIpc) is 3.21. The lowest BCUT2D eigenvalue weighted by atomic mass is 10.1. The van der Waals surface area contributed by atoms with Crippen LogP contribution in [0.25, 0.3) is 22.3 Å². The molecule has 1 N–H and O–H groups in total. The number of nitrogens with one attached hydrogen (secondary N) is 1. The second-order valence-electron chi connectivity index (χ2n) is 6.46. The molecule has 0 spiro atoms. The summed E-state index contributed by atoms with van der Waals surface area (Å²) in [5, 5.41) is 12.0. The Morgan fingerprint density at radius 1 is 1.10 bits per heavy atom. The summed E-state index contributed by atoms with van der Waals surface area (Å²) in [6.45, 7) is -0.0501. The number of hydrogen-bond acceptors (Lipinski definition) is 7. The highest BCUT2D eigenvalue weighted by Crippen LogP contribution is 2.31. The molecule has 0 amide bonds. The van der Waals surface area contributed by atoms with Crippen molar-refractivity contribution in [2.45, 2.75) is 12.7 Å². The van der Waals surface area contributed by atoms with Crippen LogP contribution in [0.4, 0.5) is 13.2 Å². The maximum atomic E-state index is 12.9. The van der Waals surface area contributed by atoms with Crippen LogP contribution in [0.2, 0.25) is 0 Å². The molecular formula is C19H15F3N6O3. The van der Waals surface area contributed by atoms with E-state index in [0.29, 0.717) is 22.4 Å². The smallest absolute Gasteiger partial charge is 0.416 e. The molecule has 0 radical (unpaired) electrons. The lowest BCUT2D eigenvalue weighted by Crippen LogP contribution is -2.16. The first-order chi connectivity index (χ1) is 14.8. The first-order valence-corrected chi connectivity index (χ1v) is 8.89. The number of alkyl halides is 3. The van der Waals surface area contributed by atoms with Crippen molar-refractivity contribution in [3.05, 3.63) is 58.1 Å². The summed E-state index contributed by atoms with van der Waals surface area (Å²) in [5.41, 5.74) is -0.682. The summed E-state index contributed by atoms with van der Waals surface area (Å²) >= 11 is 0. The minimum atomic E-state index is -4.48. The number of halogens is 3. The number of rotatable bonds is 5. The number of aromatic amines is 1. The van der Waals surface area contributed by atoms with Crippen LogP contribution in [0, 0.1) is 0 Å². The number of hydrogen-bond donors (Lipinski definition) is 1. The second-order valence-corrected chi connectivity index (χ2v) is 6.46. The van der Waals surface area contributed by atoms with E-state index >= 15 is 0 Å². The van der Waals surface area contributed by atoms with Crippen molar-refractivity contribution in [2.75, 3.05) is 14.2 Å². The van der Waals surface area contributed by atoms with E-state index in [1.807, 2.05) is 0 Å². The van der Waals surface area contributed by atoms with E-state index in [0.717, 1.165) is 16.9 Å². The van der Waals surface area contributed by atoms with E-state index in [-0.39, 0.29) is 23.8 Å². The molecule has 0 atom stereocenters. The van der Waals surface area contributed by atoms with Crippen LogP contribution in [0.1, 0.15) is 11.4 Å². The van der Waals surface area contributed by atoms with E-state index in [9.17, 15) is 18.0 Å². The van der Waals surface area contributed by atoms with Gasteiger partial charge in [0.2, 0.25) is 5.82 Å². The van der Waals surface area contributed by atoms with Crippen molar-refractivity contribution >= 4 is 10.9 Å². The van der Waals surface area contributed by atoms with Crippen LogP contribution in [0.15, 0.2) is 41.2 Å². The number of H-pyrrole nitrogens is 1. The molecule has 0 unspecified atom stereocenters. The number of nitrogens with zero attached hydrogens (tertiary/aromatic N) is 5. The fourth-order valence-electron chi connectivity index (χ4n) is 2.98. The zero-order chi connectivity index (χ0) is 22.2. The largest absolute Gasteiger partial charge is 0.493 e. The molecule has 9 nitrogen and oxygen atoms in total. The first-order valence-electron chi connectivity index (χ1n) is 8.89. The van der Waals surface area contributed by atoms with Crippen LogP contribution in [-0.4, -0.2) is 44.4 Å². The molecule has 0 aliphatic carbocycles. The van der Waals surface area contributed by atoms with E-state index in [4.69, 9.17) is 9.47 Å². The minimum absolute atomic E-state index is 0.0145. The molecule has 4 rings (SSSR count). The Morgan fingerprint density at radius 3 is 2.55 bits per heavy atom. The van der Waals surface area contributed by atoms with Gasteiger partial charge in [0, 0.05) is 11.6 Å². The zero-order valence-electron chi connectivity index (χ0n) is 16.3. The summed E-state index contributed by atoms with van der Waals surface area (Å²) < 4.78 is 49.2. The highest BCUT2D eigenvalue weighted by atomic mass is 19.4. The van der Waals surface area contributed by atoms with Gasteiger partial charge in [-0.1, -0.05) is 12.1 Å². The van der Waals surface area contributed by atoms with Gasteiger partial charge in [0.05, 0.1) is 30.7 Å². The van der Waals surface area contributed by atoms with Crippen molar-refractivity contribution in [3.63, 3.8) is 0 Å². The molecule has 4 aromatic rings. The van der Waals surface area contributed by atoms with Crippen molar-refractivity contribution in [1.82, 2.24) is 30.2 Å². The molecule has 2 aromatic heterocycles. The molecule has 0 bridgehead atoms. The second kappa shape index (κ2) is 7.70. The van der Waals surface area contributed by atoms with Crippen molar-refractivity contribution in [3.8, 4) is 22.9 Å². The lowest BCUT2D eigenvalue weighted by Gasteiger charge is -2.09. The zero-order valence-corrected chi connectivity index (χ0v) is 16.3. The van der Waals surface area contributed by atoms with Crippen LogP contribution in [-0.2, 0) is 12.7 Å². The number of benzene rings is 2. The molecule has 0 aliphatic heterocycles. The average molecular weight is 432 g/mol. The van der Waals surface area contributed by atoms with Gasteiger partial charge in [-0.05, 0) is 23.4 Å². The summed E-state index contributed by atoms with van der Waals surface area (Å²) in [7, 11) is 2.92. The number of methoxy groups -OCH3 is 2. The van der Waals surface area contributed by atoms with Crippen molar-refractivity contribution in [2.24, 2.45) is 0 Å². The van der Waals surface area contributed by atoms with Gasteiger partial charge in [-0.15, -0.1) is 10.2 Å². The molecule has 2 aromatic carbocycles. The maximum Gasteiger partial charge on any atom is 0.416 e. The highest BCUT2D eigenvalue weighted by Gasteiger charge is 2.30. The molecule has 0 saturated heterocycles. The van der Waals surface area contributed by atoms with Gasteiger partial charge in [-0.2, -0.15) is 18.0 Å². The summed E-state index contributed by atoms with van der Waals surface area (Å²) in [6, 6.07) is 7.70. The van der Waals surface area contributed by atoms with Gasteiger partial charge in [-0.25, -0.2) is 4.98 Å². The summed E-state index contributed by atoms with van der Waals surface area (Å²) in [6.07, 6.45) is -4.48. The molecular weight excluding hydrogens is 417 g/mol. The SMILES string of the molecule is COc1cc2nc(Cn3nnc(-c4cccc(C(F)(F)F)c4)n3)[nH]c(=O)c2cc1OC. The van der Waals surface area contributed by atoms with Gasteiger partial charge in [0.15, 0.2) is 11.5 Å². The number of ether oxygens (including phenoxy) is 2. The summed E-state index contributed by atoms with van der Waals surface area (Å²) in [4.78, 5) is 20.6. The Hall–Kier alpha value is -3.96. The lowest BCUT2D eigenvalue weighted by molar-refractivity contribution is -0.137. The third-order valence-electron chi connectivity index (χ3n) is 4.45. The Bertz CT molecular complexity index is 1320. The van der Waals surface area contributed by atoms with Gasteiger partial charge < -0.3 is 14.5 Å². The molecule has 31 heavy (non-hydrogen) atoms. The highest BCUT2D eigenvalue weighted by molar-refractivity contribution is 5.81. The maximum absolute atomic E-state index is 12.9. The molecule has 2 heterocycles. The van der Waals surface area contributed by atoms with Crippen molar-refractivity contribution < 1.29 is 22.6 Å². The Labute approximate surface area is 172 Å². The van der Waals surface area contributed by atoms with E-state index < -0.39 is 17.3 Å². The third kappa shape index (κ3) is 4.04. The van der Waals surface area contributed by atoms with Gasteiger partial charge in [0.25, 0.3) is 5.56 Å². The van der Waals surface area contributed by atoms with Gasteiger partial charge in [0.1, 0.15) is 12.4 Å². The Kier molecular flexibility index (Phi) is 5.05. The molecule has 160 valence electrons. The van der Waals surface area contributed by atoms with E-state index in [2.05, 4.69) is 25.4 Å². The normalized spacial score (nSPS) is 11.6.